The predicted octanol–water partition coefficient (Wildman–Crippen LogP) is 2.34. The van der Waals surface area contributed by atoms with Crippen molar-refractivity contribution in [2.75, 3.05) is 19.0 Å². The fourth-order valence-corrected chi connectivity index (χ4v) is 1.53. The van der Waals surface area contributed by atoms with E-state index in [1.165, 1.54) is 7.11 Å². The van der Waals surface area contributed by atoms with Crippen molar-refractivity contribution in [2.24, 2.45) is 0 Å². The molecule has 15 heavy (non-hydrogen) atoms. The molecule has 1 rings (SSSR count). The second-order valence-electron chi connectivity index (χ2n) is 3.19. The zero-order chi connectivity index (χ0) is 11.3. The average Bonchev–Trinajstić information content (AvgIpc) is 2.26. The third-order valence-corrected chi connectivity index (χ3v) is 2.77. The fraction of sp³-hybridized carbons (Fsp3) is 0.364. The van der Waals surface area contributed by atoms with Crippen molar-refractivity contribution >= 4 is 27.6 Å². The van der Waals surface area contributed by atoms with Crippen LogP contribution in [0.5, 0.6) is 0 Å². The van der Waals surface area contributed by atoms with E-state index in [-0.39, 0.29) is 10.8 Å². The third-order valence-electron chi connectivity index (χ3n) is 2.07. The smallest absolute Gasteiger partial charge is 0.321 e. The van der Waals surface area contributed by atoms with Gasteiger partial charge in [-0.15, -0.1) is 0 Å². The van der Waals surface area contributed by atoms with Crippen molar-refractivity contribution < 1.29 is 9.53 Å². The molecule has 4 heteroatoms. The minimum Gasteiger partial charge on any atom is -0.468 e. The van der Waals surface area contributed by atoms with Gasteiger partial charge in [-0.1, -0.05) is 34.1 Å². The molecule has 0 bridgehead atoms. The molecule has 0 aliphatic carbocycles. The quantitative estimate of drug-likeness (QED) is 0.675. The molecule has 0 fully saturated rings. The maximum Gasteiger partial charge on any atom is 0.321 e. The highest BCUT2D eigenvalue weighted by molar-refractivity contribution is 9.10. The van der Waals surface area contributed by atoms with Crippen LogP contribution in [-0.4, -0.2) is 24.5 Å². The number of carbonyl (C=O) groups is 1. The number of esters is 1. The third kappa shape index (κ3) is 3.55. The van der Waals surface area contributed by atoms with Crippen molar-refractivity contribution in [3.8, 4) is 0 Å². The number of rotatable bonds is 4. The highest BCUT2D eigenvalue weighted by Gasteiger charge is 2.14. The lowest BCUT2D eigenvalue weighted by Gasteiger charge is -2.11. The molecule has 0 spiro atoms. The number of nitrogens with one attached hydrogen (secondary N) is 1. The molecule has 0 amide bonds. The van der Waals surface area contributed by atoms with Crippen molar-refractivity contribution in [3.63, 3.8) is 0 Å². The number of ether oxygens (including phenoxy) is 1. The molecule has 3 nitrogen and oxygen atoms in total. The number of para-hydroxylation sites is 1. The lowest BCUT2D eigenvalue weighted by atomic mass is 10.2. The van der Waals surface area contributed by atoms with Gasteiger partial charge in [0.05, 0.1) is 7.11 Å². The monoisotopic (exact) mass is 271 g/mol. The second kappa shape index (κ2) is 5.75. The van der Waals surface area contributed by atoms with Gasteiger partial charge in [-0.05, 0) is 18.6 Å². The molecule has 0 heterocycles. The molecule has 1 unspecified atom stereocenters. The Hall–Kier alpha value is -1.03. The Kier molecular flexibility index (Phi) is 4.62. The Bertz CT molecular complexity index is 341. The van der Waals surface area contributed by atoms with Crippen LogP contribution in [0.2, 0.25) is 0 Å². The van der Waals surface area contributed by atoms with E-state index in [0.717, 1.165) is 11.3 Å². The normalized spacial score (nSPS) is 11.9. The summed E-state index contributed by atoms with van der Waals surface area (Å²) < 4.78 is 4.60. The molecule has 82 valence electrons. The number of hydrogen-bond acceptors (Lipinski definition) is 3. The molecule has 1 N–H and O–H groups in total. The number of benzene rings is 1. The maximum absolute atomic E-state index is 11.1. The first-order valence-corrected chi connectivity index (χ1v) is 5.58. The van der Waals surface area contributed by atoms with Crippen LogP contribution in [0.25, 0.3) is 0 Å². The number of halogens is 1. The van der Waals surface area contributed by atoms with E-state index in [1.807, 2.05) is 31.2 Å². The van der Waals surface area contributed by atoms with E-state index in [1.54, 1.807) is 0 Å². The minimum atomic E-state index is -0.317. The van der Waals surface area contributed by atoms with Crippen molar-refractivity contribution in [2.45, 2.75) is 11.8 Å². The van der Waals surface area contributed by atoms with Gasteiger partial charge in [-0.2, -0.15) is 0 Å². The summed E-state index contributed by atoms with van der Waals surface area (Å²) in [5.74, 6) is -0.268. The molecule has 1 aromatic rings. The van der Waals surface area contributed by atoms with Crippen molar-refractivity contribution in [3.05, 3.63) is 29.8 Å². The number of hydrogen-bond donors (Lipinski definition) is 1. The number of aryl methyl sites for hydroxylation is 1. The van der Waals surface area contributed by atoms with Crippen LogP contribution in [0.1, 0.15) is 5.56 Å². The van der Waals surface area contributed by atoms with E-state index in [4.69, 9.17) is 0 Å². The van der Waals surface area contributed by atoms with E-state index in [0.29, 0.717) is 6.54 Å². The van der Waals surface area contributed by atoms with Gasteiger partial charge in [0.25, 0.3) is 0 Å². The number of anilines is 1. The molecule has 0 saturated heterocycles. The highest BCUT2D eigenvalue weighted by Crippen LogP contribution is 2.14. The summed E-state index contributed by atoms with van der Waals surface area (Å²) in [5, 5.41) is 3.18. The topological polar surface area (TPSA) is 38.3 Å². The largest absolute Gasteiger partial charge is 0.468 e. The molecule has 1 aromatic carbocycles. The molecule has 0 saturated carbocycles. The Morgan fingerprint density at radius 3 is 2.80 bits per heavy atom. The second-order valence-corrected chi connectivity index (χ2v) is 4.29. The zero-order valence-electron chi connectivity index (χ0n) is 8.79. The first kappa shape index (κ1) is 12.0. The first-order valence-electron chi connectivity index (χ1n) is 4.66. The SMILES string of the molecule is COC(=O)C(Br)CNc1ccccc1C. The van der Waals surface area contributed by atoms with Crippen LogP contribution >= 0.6 is 15.9 Å². The lowest BCUT2D eigenvalue weighted by Crippen LogP contribution is -2.24. The van der Waals surface area contributed by atoms with Gasteiger partial charge >= 0.3 is 5.97 Å². The van der Waals surface area contributed by atoms with Gasteiger partial charge in [0, 0.05) is 12.2 Å². The number of carbonyl (C=O) groups excluding carboxylic acids is 1. The summed E-state index contributed by atoms with van der Waals surface area (Å²) in [6.45, 7) is 2.53. The van der Waals surface area contributed by atoms with E-state index in [9.17, 15) is 4.79 Å². The summed E-state index contributed by atoms with van der Waals surface area (Å²) in [5.41, 5.74) is 2.19. The van der Waals surface area contributed by atoms with Gasteiger partial charge in [-0.3, -0.25) is 4.79 Å². The molecule has 0 aromatic heterocycles. The van der Waals surface area contributed by atoms with Gasteiger partial charge in [0.15, 0.2) is 0 Å². The Labute approximate surface area is 97.9 Å². The average molecular weight is 272 g/mol. The fourth-order valence-electron chi connectivity index (χ4n) is 1.18. The van der Waals surface area contributed by atoms with Crippen LogP contribution in [0.4, 0.5) is 5.69 Å². The summed E-state index contributed by atoms with van der Waals surface area (Å²) in [4.78, 5) is 10.8. The molecular weight excluding hydrogens is 258 g/mol. The number of alkyl halides is 1. The van der Waals surface area contributed by atoms with Crippen molar-refractivity contribution in [1.82, 2.24) is 0 Å². The first-order chi connectivity index (χ1) is 7.15. The van der Waals surface area contributed by atoms with Crippen LogP contribution in [0.15, 0.2) is 24.3 Å². The Morgan fingerprint density at radius 2 is 2.20 bits per heavy atom. The summed E-state index contributed by atoms with van der Waals surface area (Å²) >= 11 is 3.25. The van der Waals surface area contributed by atoms with Crippen LogP contribution in [0.3, 0.4) is 0 Å². The Morgan fingerprint density at radius 1 is 1.53 bits per heavy atom. The zero-order valence-corrected chi connectivity index (χ0v) is 10.4. The molecule has 0 aliphatic rings. The molecular formula is C11H14BrNO2. The molecule has 0 radical (unpaired) electrons. The Balaban J connectivity index is 2.50. The van der Waals surface area contributed by atoms with Crippen LogP contribution in [-0.2, 0) is 9.53 Å². The van der Waals surface area contributed by atoms with E-state index >= 15 is 0 Å². The maximum atomic E-state index is 11.1. The molecule has 1 atom stereocenters. The van der Waals surface area contributed by atoms with Gasteiger partial charge in [-0.25, -0.2) is 0 Å². The van der Waals surface area contributed by atoms with Crippen LogP contribution < -0.4 is 5.32 Å². The van der Waals surface area contributed by atoms with Crippen LogP contribution in [0, 0.1) is 6.92 Å². The van der Waals surface area contributed by atoms with Gasteiger partial charge in [0.1, 0.15) is 4.83 Å². The van der Waals surface area contributed by atoms with E-state index < -0.39 is 0 Å². The summed E-state index contributed by atoms with van der Waals surface area (Å²) in [6.07, 6.45) is 0. The van der Waals surface area contributed by atoms with Gasteiger partial charge < -0.3 is 10.1 Å². The summed E-state index contributed by atoms with van der Waals surface area (Å²) in [7, 11) is 1.38. The highest BCUT2D eigenvalue weighted by atomic mass is 79.9. The minimum absolute atomic E-state index is 0.268. The standard InChI is InChI=1S/C11H14BrNO2/c1-8-5-3-4-6-10(8)13-7-9(12)11(14)15-2/h3-6,9,13H,7H2,1-2H3. The summed E-state index contributed by atoms with van der Waals surface area (Å²) in [6, 6.07) is 7.93. The molecule has 0 aliphatic heterocycles. The van der Waals surface area contributed by atoms with Crippen molar-refractivity contribution in [1.29, 1.82) is 0 Å². The lowest BCUT2D eigenvalue weighted by molar-refractivity contribution is -0.139. The van der Waals surface area contributed by atoms with Gasteiger partial charge in [0.2, 0.25) is 0 Å². The van der Waals surface area contributed by atoms with E-state index in [2.05, 4.69) is 26.0 Å². The predicted molar refractivity (Wildman–Crippen MR) is 64.4 cm³/mol. The number of methoxy groups -OCH3 is 1.